The SMILES string of the molecule is CC(=O)COc1cccc([C@H](O)CCc2c[nH]c3ccccc23)c1. The zero-order valence-corrected chi connectivity index (χ0v) is 13.7. The average molecular weight is 323 g/mol. The number of aromatic amines is 1. The molecule has 2 aromatic carbocycles. The minimum Gasteiger partial charge on any atom is -0.486 e. The van der Waals surface area contributed by atoms with E-state index in [9.17, 15) is 9.90 Å². The Morgan fingerprint density at radius 2 is 2.04 bits per heavy atom. The largest absolute Gasteiger partial charge is 0.486 e. The average Bonchev–Trinajstić information content (AvgIpc) is 3.01. The van der Waals surface area contributed by atoms with Gasteiger partial charge in [0.1, 0.15) is 12.4 Å². The van der Waals surface area contributed by atoms with Crippen molar-refractivity contribution < 1.29 is 14.6 Å². The third-order valence-electron chi connectivity index (χ3n) is 4.05. The van der Waals surface area contributed by atoms with Gasteiger partial charge in [0, 0.05) is 17.1 Å². The number of hydrogen-bond acceptors (Lipinski definition) is 3. The van der Waals surface area contributed by atoms with Gasteiger partial charge in [0.2, 0.25) is 0 Å². The molecular weight excluding hydrogens is 302 g/mol. The van der Waals surface area contributed by atoms with Gasteiger partial charge in [0.25, 0.3) is 0 Å². The lowest BCUT2D eigenvalue weighted by molar-refractivity contribution is -0.118. The molecule has 1 atom stereocenters. The van der Waals surface area contributed by atoms with Gasteiger partial charge in [-0.05, 0) is 49.1 Å². The molecule has 1 heterocycles. The minimum absolute atomic E-state index is 0.0275. The van der Waals surface area contributed by atoms with Crippen molar-refractivity contribution in [2.45, 2.75) is 25.9 Å². The number of aliphatic hydroxyl groups excluding tert-OH is 1. The van der Waals surface area contributed by atoms with Crippen LogP contribution in [0.2, 0.25) is 0 Å². The number of ether oxygens (including phenoxy) is 1. The molecule has 1 aromatic heterocycles. The molecule has 0 unspecified atom stereocenters. The highest BCUT2D eigenvalue weighted by molar-refractivity contribution is 5.83. The van der Waals surface area contributed by atoms with E-state index in [1.54, 1.807) is 12.1 Å². The molecular formula is C20H21NO3. The predicted octanol–water partition coefficient (Wildman–Crippen LogP) is 3.80. The van der Waals surface area contributed by atoms with Gasteiger partial charge in [-0.3, -0.25) is 4.79 Å². The third kappa shape index (κ3) is 3.84. The Balaban J connectivity index is 1.65. The smallest absolute Gasteiger partial charge is 0.167 e. The number of benzene rings is 2. The van der Waals surface area contributed by atoms with Crippen LogP contribution in [0.1, 0.15) is 30.6 Å². The van der Waals surface area contributed by atoms with Crippen molar-refractivity contribution in [1.29, 1.82) is 0 Å². The quantitative estimate of drug-likeness (QED) is 0.695. The second-order valence-corrected chi connectivity index (χ2v) is 5.98. The number of Topliss-reactive ketones (excluding diaryl/α,β-unsaturated/α-hetero) is 1. The van der Waals surface area contributed by atoms with Crippen LogP contribution in [-0.2, 0) is 11.2 Å². The summed E-state index contributed by atoms with van der Waals surface area (Å²) in [5.41, 5.74) is 3.12. The molecule has 4 nitrogen and oxygen atoms in total. The number of para-hydroxylation sites is 1. The number of H-pyrrole nitrogens is 1. The van der Waals surface area contributed by atoms with Crippen molar-refractivity contribution in [3.05, 3.63) is 65.9 Å². The van der Waals surface area contributed by atoms with Crippen molar-refractivity contribution in [3.63, 3.8) is 0 Å². The second-order valence-electron chi connectivity index (χ2n) is 5.98. The normalized spacial score (nSPS) is 12.2. The number of nitrogens with one attached hydrogen (secondary N) is 1. The Morgan fingerprint density at radius 3 is 2.88 bits per heavy atom. The molecule has 0 amide bonds. The van der Waals surface area contributed by atoms with Crippen molar-refractivity contribution >= 4 is 16.7 Å². The first-order valence-corrected chi connectivity index (χ1v) is 8.09. The molecule has 0 fully saturated rings. The fourth-order valence-electron chi connectivity index (χ4n) is 2.79. The highest BCUT2D eigenvalue weighted by Crippen LogP contribution is 2.25. The summed E-state index contributed by atoms with van der Waals surface area (Å²) in [6.07, 6.45) is 2.84. The van der Waals surface area contributed by atoms with Gasteiger partial charge in [-0.25, -0.2) is 0 Å². The second kappa shape index (κ2) is 7.32. The van der Waals surface area contributed by atoms with Crippen LogP contribution < -0.4 is 4.74 Å². The van der Waals surface area contributed by atoms with E-state index in [1.807, 2.05) is 36.5 Å². The molecule has 3 rings (SSSR count). The van der Waals surface area contributed by atoms with Gasteiger partial charge in [-0.1, -0.05) is 30.3 Å². The van der Waals surface area contributed by atoms with E-state index in [4.69, 9.17) is 4.74 Å². The van der Waals surface area contributed by atoms with Gasteiger partial charge in [0.15, 0.2) is 5.78 Å². The molecule has 0 saturated carbocycles. The molecule has 0 bridgehead atoms. The van der Waals surface area contributed by atoms with E-state index in [-0.39, 0.29) is 12.4 Å². The first-order chi connectivity index (χ1) is 11.6. The first-order valence-electron chi connectivity index (χ1n) is 8.09. The Labute approximate surface area is 141 Å². The number of aromatic nitrogens is 1. The van der Waals surface area contributed by atoms with Crippen LogP contribution in [0.5, 0.6) is 5.75 Å². The molecule has 0 spiro atoms. The zero-order valence-electron chi connectivity index (χ0n) is 13.7. The summed E-state index contributed by atoms with van der Waals surface area (Å²) < 4.78 is 5.40. The topological polar surface area (TPSA) is 62.3 Å². The Hall–Kier alpha value is -2.59. The molecule has 0 aliphatic heterocycles. The van der Waals surface area contributed by atoms with E-state index in [0.717, 1.165) is 17.5 Å². The summed E-state index contributed by atoms with van der Waals surface area (Å²) in [7, 11) is 0. The molecule has 3 aromatic rings. The predicted molar refractivity (Wildman–Crippen MR) is 94.2 cm³/mol. The lowest BCUT2D eigenvalue weighted by Gasteiger charge is -2.12. The zero-order chi connectivity index (χ0) is 16.9. The molecule has 124 valence electrons. The minimum atomic E-state index is -0.570. The fraction of sp³-hybridized carbons (Fsp3) is 0.250. The van der Waals surface area contributed by atoms with Crippen LogP contribution in [0.4, 0.5) is 0 Å². The van der Waals surface area contributed by atoms with E-state index >= 15 is 0 Å². The fourth-order valence-corrected chi connectivity index (χ4v) is 2.79. The van der Waals surface area contributed by atoms with Gasteiger partial charge < -0.3 is 14.8 Å². The van der Waals surface area contributed by atoms with Crippen LogP contribution in [0.3, 0.4) is 0 Å². The van der Waals surface area contributed by atoms with Crippen molar-refractivity contribution in [2.75, 3.05) is 6.61 Å². The number of fused-ring (bicyclic) bond motifs is 1. The number of carbonyl (C=O) groups excluding carboxylic acids is 1. The first kappa shape index (κ1) is 16.3. The summed E-state index contributed by atoms with van der Waals surface area (Å²) in [5, 5.41) is 11.7. The van der Waals surface area contributed by atoms with E-state index in [0.29, 0.717) is 12.2 Å². The standard InChI is InChI=1S/C20H21NO3/c1-14(22)13-24-17-6-4-5-15(11-17)20(23)10-9-16-12-21-19-8-3-2-7-18(16)19/h2-8,11-12,20-21,23H,9-10,13H2,1H3/t20-/m1/s1. The van der Waals surface area contributed by atoms with Crippen LogP contribution in [0, 0.1) is 0 Å². The maximum absolute atomic E-state index is 11.0. The highest BCUT2D eigenvalue weighted by Gasteiger charge is 2.11. The number of carbonyl (C=O) groups is 1. The molecule has 0 aliphatic rings. The summed E-state index contributed by atoms with van der Waals surface area (Å²) in [5.74, 6) is 0.578. The summed E-state index contributed by atoms with van der Waals surface area (Å²) in [6, 6.07) is 15.5. The van der Waals surface area contributed by atoms with E-state index in [2.05, 4.69) is 11.1 Å². The van der Waals surface area contributed by atoms with Crippen LogP contribution in [0.25, 0.3) is 10.9 Å². The number of hydrogen-bond donors (Lipinski definition) is 2. The Bertz CT molecular complexity index is 838. The van der Waals surface area contributed by atoms with Crippen molar-refractivity contribution in [3.8, 4) is 5.75 Å². The van der Waals surface area contributed by atoms with Gasteiger partial charge >= 0.3 is 0 Å². The summed E-state index contributed by atoms with van der Waals surface area (Å²) in [6.45, 7) is 1.54. The number of rotatable bonds is 7. The molecule has 0 saturated heterocycles. The molecule has 0 radical (unpaired) electrons. The Kier molecular flexibility index (Phi) is 4.96. The number of aryl methyl sites for hydroxylation is 1. The molecule has 24 heavy (non-hydrogen) atoms. The lowest BCUT2D eigenvalue weighted by Crippen LogP contribution is -2.07. The maximum atomic E-state index is 11.0. The van der Waals surface area contributed by atoms with Gasteiger partial charge in [-0.15, -0.1) is 0 Å². The molecule has 0 aliphatic carbocycles. The highest BCUT2D eigenvalue weighted by atomic mass is 16.5. The number of aliphatic hydroxyl groups is 1. The van der Waals surface area contributed by atoms with Crippen LogP contribution in [-0.4, -0.2) is 22.5 Å². The summed E-state index contributed by atoms with van der Waals surface area (Å²) >= 11 is 0. The van der Waals surface area contributed by atoms with Crippen molar-refractivity contribution in [2.24, 2.45) is 0 Å². The van der Waals surface area contributed by atoms with Crippen LogP contribution >= 0.6 is 0 Å². The van der Waals surface area contributed by atoms with Crippen LogP contribution in [0.15, 0.2) is 54.7 Å². The maximum Gasteiger partial charge on any atom is 0.167 e. The monoisotopic (exact) mass is 323 g/mol. The third-order valence-corrected chi connectivity index (χ3v) is 4.05. The summed E-state index contributed by atoms with van der Waals surface area (Å²) in [4.78, 5) is 14.3. The van der Waals surface area contributed by atoms with Gasteiger partial charge in [-0.2, -0.15) is 0 Å². The lowest BCUT2D eigenvalue weighted by atomic mass is 10.0. The van der Waals surface area contributed by atoms with Gasteiger partial charge in [0.05, 0.1) is 6.10 Å². The molecule has 2 N–H and O–H groups in total. The van der Waals surface area contributed by atoms with E-state index < -0.39 is 6.10 Å². The van der Waals surface area contributed by atoms with E-state index in [1.165, 1.54) is 17.9 Å². The van der Waals surface area contributed by atoms with Crippen molar-refractivity contribution in [1.82, 2.24) is 4.98 Å². The Morgan fingerprint density at radius 1 is 1.21 bits per heavy atom. The number of ketones is 1. The molecule has 4 heteroatoms.